The SMILES string of the molecule is Cc1cc(C)c(C)c(Oc2cc(N)ccc2C(=O)O)c1. The van der Waals surface area contributed by atoms with Gasteiger partial charge in [0, 0.05) is 11.8 Å². The largest absolute Gasteiger partial charge is 0.478 e. The van der Waals surface area contributed by atoms with Gasteiger partial charge in [0.25, 0.3) is 0 Å². The first-order valence-electron chi connectivity index (χ1n) is 6.27. The fourth-order valence-electron chi connectivity index (χ4n) is 2.03. The van der Waals surface area contributed by atoms with Gasteiger partial charge < -0.3 is 15.6 Å². The van der Waals surface area contributed by atoms with Crippen LogP contribution in [0.3, 0.4) is 0 Å². The molecule has 3 N–H and O–H groups in total. The summed E-state index contributed by atoms with van der Waals surface area (Å²) in [6.45, 7) is 5.90. The molecule has 0 spiro atoms. The molecule has 2 aromatic rings. The van der Waals surface area contributed by atoms with Crippen molar-refractivity contribution in [2.45, 2.75) is 20.8 Å². The average Bonchev–Trinajstić information content (AvgIpc) is 2.35. The fraction of sp³-hybridized carbons (Fsp3) is 0.188. The monoisotopic (exact) mass is 271 g/mol. The first kappa shape index (κ1) is 13.9. The van der Waals surface area contributed by atoms with Crippen molar-refractivity contribution in [2.75, 3.05) is 5.73 Å². The molecule has 2 aromatic carbocycles. The van der Waals surface area contributed by atoms with E-state index in [1.165, 1.54) is 12.1 Å². The molecule has 2 rings (SSSR count). The number of carboxylic acid groups (broad SMARTS) is 1. The molecule has 0 aliphatic rings. The summed E-state index contributed by atoms with van der Waals surface area (Å²) in [5.74, 6) is -0.136. The van der Waals surface area contributed by atoms with Crippen LogP contribution in [-0.4, -0.2) is 11.1 Å². The predicted octanol–water partition coefficient (Wildman–Crippen LogP) is 3.68. The van der Waals surface area contributed by atoms with E-state index < -0.39 is 5.97 Å². The lowest BCUT2D eigenvalue weighted by atomic mass is 10.1. The summed E-state index contributed by atoms with van der Waals surface area (Å²) in [5.41, 5.74) is 9.40. The first-order valence-corrected chi connectivity index (χ1v) is 6.27. The van der Waals surface area contributed by atoms with Gasteiger partial charge in [-0.1, -0.05) is 6.07 Å². The molecule has 0 atom stereocenters. The van der Waals surface area contributed by atoms with E-state index in [1.54, 1.807) is 6.07 Å². The molecule has 0 heterocycles. The standard InChI is InChI=1S/C16H17NO3/c1-9-6-10(2)11(3)14(7-9)20-15-8-12(17)4-5-13(15)16(18)19/h4-8H,17H2,1-3H3,(H,18,19). The topological polar surface area (TPSA) is 72.5 Å². The molecule has 4 nitrogen and oxygen atoms in total. The Bertz CT molecular complexity index is 678. The lowest BCUT2D eigenvalue weighted by Gasteiger charge is -2.14. The van der Waals surface area contributed by atoms with Gasteiger partial charge in [0.1, 0.15) is 17.1 Å². The van der Waals surface area contributed by atoms with Crippen molar-refractivity contribution in [3.63, 3.8) is 0 Å². The highest BCUT2D eigenvalue weighted by atomic mass is 16.5. The van der Waals surface area contributed by atoms with Crippen LogP contribution in [0.15, 0.2) is 30.3 Å². The minimum absolute atomic E-state index is 0.0951. The number of nitrogen functional groups attached to an aromatic ring is 1. The maximum Gasteiger partial charge on any atom is 0.339 e. The molecule has 0 aromatic heterocycles. The molecule has 0 fully saturated rings. The Hall–Kier alpha value is -2.49. The summed E-state index contributed by atoms with van der Waals surface area (Å²) in [5, 5.41) is 9.19. The van der Waals surface area contributed by atoms with Crippen LogP contribution in [0.1, 0.15) is 27.0 Å². The molecular weight excluding hydrogens is 254 g/mol. The maximum atomic E-state index is 11.2. The third-order valence-corrected chi connectivity index (χ3v) is 3.22. The van der Waals surface area contributed by atoms with E-state index in [0.717, 1.165) is 16.7 Å². The Morgan fingerprint density at radius 3 is 2.45 bits per heavy atom. The Balaban J connectivity index is 2.50. The van der Waals surface area contributed by atoms with Gasteiger partial charge in [-0.3, -0.25) is 0 Å². The third kappa shape index (κ3) is 2.74. The van der Waals surface area contributed by atoms with E-state index in [9.17, 15) is 9.90 Å². The average molecular weight is 271 g/mol. The van der Waals surface area contributed by atoms with Crippen LogP contribution in [-0.2, 0) is 0 Å². The van der Waals surface area contributed by atoms with E-state index in [4.69, 9.17) is 10.5 Å². The molecule has 4 heteroatoms. The van der Waals surface area contributed by atoms with Gasteiger partial charge >= 0.3 is 5.97 Å². The van der Waals surface area contributed by atoms with Gasteiger partial charge in [0.2, 0.25) is 0 Å². The number of anilines is 1. The number of benzene rings is 2. The predicted molar refractivity (Wildman–Crippen MR) is 78.5 cm³/mol. The number of rotatable bonds is 3. The quantitative estimate of drug-likeness (QED) is 0.835. The molecule has 0 aliphatic heterocycles. The van der Waals surface area contributed by atoms with Crippen molar-refractivity contribution in [3.8, 4) is 11.5 Å². The highest BCUT2D eigenvalue weighted by Crippen LogP contribution is 2.31. The van der Waals surface area contributed by atoms with E-state index >= 15 is 0 Å². The molecule has 0 amide bonds. The van der Waals surface area contributed by atoms with Crippen LogP contribution in [0.25, 0.3) is 0 Å². The highest BCUT2D eigenvalue weighted by Gasteiger charge is 2.14. The van der Waals surface area contributed by atoms with Crippen LogP contribution in [0.2, 0.25) is 0 Å². The van der Waals surface area contributed by atoms with E-state index in [0.29, 0.717) is 11.4 Å². The molecule has 0 aliphatic carbocycles. The van der Waals surface area contributed by atoms with Crippen molar-refractivity contribution in [1.29, 1.82) is 0 Å². The van der Waals surface area contributed by atoms with Crippen molar-refractivity contribution < 1.29 is 14.6 Å². The minimum atomic E-state index is -1.04. The number of carboxylic acids is 1. The van der Waals surface area contributed by atoms with E-state index in [1.807, 2.05) is 26.8 Å². The zero-order valence-electron chi connectivity index (χ0n) is 11.7. The number of carbonyl (C=O) groups is 1. The zero-order chi connectivity index (χ0) is 14.9. The normalized spacial score (nSPS) is 10.3. The van der Waals surface area contributed by atoms with Crippen LogP contribution >= 0.6 is 0 Å². The molecule has 104 valence electrons. The summed E-state index contributed by atoms with van der Waals surface area (Å²) >= 11 is 0. The third-order valence-electron chi connectivity index (χ3n) is 3.22. The van der Waals surface area contributed by atoms with Crippen molar-refractivity contribution in [3.05, 3.63) is 52.6 Å². The van der Waals surface area contributed by atoms with Crippen LogP contribution in [0.4, 0.5) is 5.69 Å². The Labute approximate surface area is 117 Å². The second-order valence-corrected chi connectivity index (χ2v) is 4.87. The molecule has 20 heavy (non-hydrogen) atoms. The Morgan fingerprint density at radius 1 is 1.10 bits per heavy atom. The summed E-state index contributed by atoms with van der Waals surface area (Å²) in [6.07, 6.45) is 0. The number of hydrogen-bond donors (Lipinski definition) is 2. The number of aromatic carboxylic acids is 1. The molecular formula is C16H17NO3. The van der Waals surface area contributed by atoms with Gasteiger partial charge in [0.15, 0.2) is 0 Å². The fourth-order valence-corrected chi connectivity index (χ4v) is 2.03. The second kappa shape index (κ2) is 5.25. The molecule has 0 unspecified atom stereocenters. The zero-order valence-corrected chi connectivity index (χ0v) is 11.7. The van der Waals surface area contributed by atoms with Crippen molar-refractivity contribution in [1.82, 2.24) is 0 Å². The van der Waals surface area contributed by atoms with Gasteiger partial charge in [-0.2, -0.15) is 0 Å². The molecule has 0 saturated carbocycles. The number of hydrogen-bond acceptors (Lipinski definition) is 3. The lowest BCUT2D eigenvalue weighted by Crippen LogP contribution is -2.02. The Morgan fingerprint density at radius 2 is 1.80 bits per heavy atom. The maximum absolute atomic E-state index is 11.2. The minimum Gasteiger partial charge on any atom is -0.478 e. The smallest absolute Gasteiger partial charge is 0.339 e. The van der Waals surface area contributed by atoms with E-state index in [-0.39, 0.29) is 11.3 Å². The first-order chi connectivity index (χ1) is 9.38. The van der Waals surface area contributed by atoms with Gasteiger partial charge in [-0.25, -0.2) is 4.79 Å². The summed E-state index contributed by atoms with van der Waals surface area (Å²) in [6, 6.07) is 8.47. The molecule has 0 bridgehead atoms. The number of ether oxygens (including phenoxy) is 1. The van der Waals surface area contributed by atoms with Crippen LogP contribution in [0, 0.1) is 20.8 Å². The highest BCUT2D eigenvalue weighted by molar-refractivity contribution is 5.91. The van der Waals surface area contributed by atoms with Gasteiger partial charge in [-0.05, 0) is 55.7 Å². The van der Waals surface area contributed by atoms with Gasteiger partial charge in [0.05, 0.1) is 0 Å². The van der Waals surface area contributed by atoms with Crippen molar-refractivity contribution >= 4 is 11.7 Å². The Kier molecular flexibility index (Phi) is 3.66. The molecule has 0 radical (unpaired) electrons. The summed E-state index contributed by atoms with van der Waals surface area (Å²) in [7, 11) is 0. The number of aryl methyl sites for hydroxylation is 2. The summed E-state index contributed by atoms with van der Waals surface area (Å²) < 4.78 is 5.78. The van der Waals surface area contributed by atoms with Crippen LogP contribution in [0.5, 0.6) is 11.5 Å². The lowest BCUT2D eigenvalue weighted by molar-refractivity contribution is 0.0694. The summed E-state index contributed by atoms with van der Waals surface area (Å²) in [4.78, 5) is 11.2. The van der Waals surface area contributed by atoms with E-state index in [2.05, 4.69) is 6.07 Å². The van der Waals surface area contributed by atoms with Crippen molar-refractivity contribution in [2.24, 2.45) is 0 Å². The second-order valence-electron chi connectivity index (χ2n) is 4.87. The van der Waals surface area contributed by atoms with Gasteiger partial charge in [-0.15, -0.1) is 0 Å². The molecule has 0 saturated heterocycles. The number of nitrogens with two attached hydrogens (primary N) is 1. The van der Waals surface area contributed by atoms with Crippen LogP contribution < -0.4 is 10.5 Å².